The molecule has 1 atom stereocenters. The molecule has 0 radical (unpaired) electrons. The Bertz CT molecular complexity index is 348. The molecule has 0 aromatic carbocycles. The minimum atomic E-state index is -1.19. The Morgan fingerprint density at radius 2 is 1.56 bits per heavy atom. The Hall–Kier alpha value is -1.43. The minimum absolute atomic E-state index is 0.233. The van der Waals surface area contributed by atoms with Crippen molar-refractivity contribution in [2.75, 3.05) is 19.6 Å². The van der Waals surface area contributed by atoms with E-state index in [-0.39, 0.29) is 19.6 Å². The predicted molar refractivity (Wildman–Crippen MR) is 68.7 cm³/mol. The van der Waals surface area contributed by atoms with Crippen LogP contribution in [0.1, 0.15) is 0 Å². The van der Waals surface area contributed by atoms with Crippen LogP contribution >= 0.6 is 22.6 Å². The highest BCUT2D eigenvalue weighted by Gasteiger charge is 2.15. The van der Waals surface area contributed by atoms with Crippen LogP contribution in [-0.4, -0.2) is 52.5 Å². The van der Waals surface area contributed by atoms with E-state index in [0.717, 1.165) is 0 Å². The topological polar surface area (TPSA) is 151 Å². The van der Waals surface area contributed by atoms with E-state index in [1.807, 2.05) is 0 Å². The lowest BCUT2D eigenvalue weighted by molar-refractivity contribution is -0.138. The third-order valence-corrected chi connectivity index (χ3v) is 2.43. The molecular weight excluding hydrogens is 359 g/mol. The van der Waals surface area contributed by atoms with E-state index in [4.69, 9.17) is 10.8 Å². The minimum Gasteiger partial charge on any atom is -0.479 e. The van der Waals surface area contributed by atoms with Gasteiger partial charge in [-0.15, -0.1) is 0 Å². The molecule has 1 unspecified atom stereocenters. The van der Waals surface area contributed by atoms with Crippen LogP contribution in [0.3, 0.4) is 0 Å². The average molecular weight is 372 g/mol. The number of halogens is 1. The highest BCUT2D eigenvalue weighted by Crippen LogP contribution is 1.94. The van der Waals surface area contributed by atoms with E-state index in [1.54, 1.807) is 0 Å². The molecule has 6 N–H and O–H groups in total. The Kier molecular flexibility index (Phi) is 7.94. The fraction of sp³-hybridized carbons (Fsp3) is 0.500. The summed E-state index contributed by atoms with van der Waals surface area (Å²) in [6.07, 6.45) is 0. The summed E-state index contributed by atoms with van der Waals surface area (Å²) in [7, 11) is 0. The lowest BCUT2D eigenvalue weighted by atomic mass is 10.5. The Labute approximate surface area is 116 Å². The number of carbonyl (C=O) groups excluding carboxylic acids is 3. The van der Waals surface area contributed by atoms with Gasteiger partial charge < -0.3 is 26.8 Å². The maximum atomic E-state index is 11.2. The van der Waals surface area contributed by atoms with Crippen molar-refractivity contribution in [2.24, 2.45) is 5.73 Å². The molecule has 0 aromatic rings. The molecule has 0 heterocycles. The molecule has 102 valence electrons. The van der Waals surface area contributed by atoms with Crippen LogP contribution in [-0.2, 0) is 19.2 Å². The zero-order chi connectivity index (χ0) is 14.1. The number of amides is 3. The van der Waals surface area contributed by atoms with E-state index in [1.165, 1.54) is 22.6 Å². The molecular formula is C8H13IN4O5. The molecule has 3 amide bonds. The van der Waals surface area contributed by atoms with Crippen molar-refractivity contribution in [3.63, 3.8) is 0 Å². The molecule has 0 aliphatic rings. The van der Waals surface area contributed by atoms with Crippen LogP contribution in [0, 0.1) is 0 Å². The van der Waals surface area contributed by atoms with Crippen LogP contribution in [0.15, 0.2) is 0 Å². The molecule has 18 heavy (non-hydrogen) atoms. The van der Waals surface area contributed by atoms with E-state index in [2.05, 4.69) is 16.0 Å². The second-order valence-corrected chi connectivity index (χ2v) is 4.27. The maximum Gasteiger partial charge on any atom is 0.336 e. The summed E-state index contributed by atoms with van der Waals surface area (Å²) in [4.78, 5) is 43.4. The average Bonchev–Trinajstić information content (AvgIpc) is 2.32. The SMILES string of the molecule is NCC(=O)NCC(=O)NCC(=O)NC(I)C(=O)O. The largest absolute Gasteiger partial charge is 0.479 e. The second kappa shape index (κ2) is 8.63. The van der Waals surface area contributed by atoms with Gasteiger partial charge in [-0.25, -0.2) is 4.79 Å². The smallest absolute Gasteiger partial charge is 0.336 e. The number of rotatable bonds is 7. The van der Waals surface area contributed by atoms with Gasteiger partial charge in [0.25, 0.3) is 0 Å². The summed E-state index contributed by atoms with van der Waals surface area (Å²) in [6, 6.07) is 0. The number of carbonyl (C=O) groups is 4. The Morgan fingerprint density at radius 1 is 1.06 bits per heavy atom. The molecule has 0 bridgehead atoms. The predicted octanol–water partition coefficient (Wildman–Crippen LogP) is -2.86. The van der Waals surface area contributed by atoms with E-state index < -0.39 is 27.7 Å². The van der Waals surface area contributed by atoms with Crippen molar-refractivity contribution < 1.29 is 24.3 Å². The quantitative estimate of drug-likeness (QED) is 0.184. The van der Waals surface area contributed by atoms with Crippen LogP contribution in [0.25, 0.3) is 0 Å². The van der Waals surface area contributed by atoms with E-state index in [0.29, 0.717) is 0 Å². The monoisotopic (exact) mass is 372 g/mol. The lowest BCUT2D eigenvalue weighted by Crippen LogP contribution is -2.45. The molecule has 0 rings (SSSR count). The van der Waals surface area contributed by atoms with Crippen LogP contribution in [0.4, 0.5) is 0 Å². The van der Waals surface area contributed by atoms with Crippen molar-refractivity contribution in [1.82, 2.24) is 16.0 Å². The molecule has 9 nitrogen and oxygen atoms in total. The van der Waals surface area contributed by atoms with Gasteiger partial charge in [-0.2, -0.15) is 0 Å². The van der Waals surface area contributed by atoms with Crippen LogP contribution < -0.4 is 21.7 Å². The van der Waals surface area contributed by atoms with Crippen molar-refractivity contribution in [1.29, 1.82) is 0 Å². The summed E-state index contributed by atoms with van der Waals surface area (Å²) in [5, 5.41) is 15.1. The molecule has 0 saturated heterocycles. The first-order valence-corrected chi connectivity index (χ1v) is 6.01. The van der Waals surface area contributed by atoms with Gasteiger partial charge in [0.1, 0.15) is 0 Å². The molecule has 10 heteroatoms. The third kappa shape index (κ3) is 7.78. The normalized spacial score (nSPS) is 11.2. The first-order chi connectivity index (χ1) is 8.36. The van der Waals surface area contributed by atoms with Crippen molar-refractivity contribution in [3.05, 3.63) is 0 Å². The molecule has 0 aliphatic heterocycles. The number of carboxylic acid groups (broad SMARTS) is 1. The number of nitrogens with two attached hydrogens (primary N) is 1. The van der Waals surface area contributed by atoms with Gasteiger partial charge in [0.05, 0.1) is 19.6 Å². The zero-order valence-electron chi connectivity index (χ0n) is 9.23. The zero-order valence-corrected chi connectivity index (χ0v) is 11.4. The first kappa shape index (κ1) is 16.6. The number of alkyl halides is 1. The molecule has 0 aliphatic carbocycles. The van der Waals surface area contributed by atoms with Gasteiger partial charge in [0.2, 0.25) is 17.7 Å². The van der Waals surface area contributed by atoms with Gasteiger partial charge in [0, 0.05) is 0 Å². The highest BCUT2D eigenvalue weighted by atomic mass is 127. The fourth-order valence-corrected chi connectivity index (χ4v) is 1.09. The van der Waals surface area contributed by atoms with Crippen molar-refractivity contribution in [3.8, 4) is 0 Å². The molecule has 0 aromatic heterocycles. The second-order valence-electron chi connectivity index (χ2n) is 3.03. The Balaban J connectivity index is 3.82. The van der Waals surface area contributed by atoms with Crippen LogP contribution in [0.5, 0.6) is 0 Å². The fourth-order valence-electron chi connectivity index (χ4n) is 0.747. The number of hydrogen-bond acceptors (Lipinski definition) is 5. The highest BCUT2D eigenvalue weighted by molar-refractivity contribution is 14.1. The molecule has 0 fully saturated rings. The third-order valence-electron chi connectivity index (χ3n) is 1.58. The molecule has 0 saturated carbocycles. The molecule has 0 spiro atoms. The van der Waals surface area contributed by atoms with Crippen LogP contribution in [0.2, 0.25) is 0 Å². The van der Waals surface area contributed by atoms with Gasteiger partial charge in [-0.1, -0.05) is 0 Å². The van der Waals surface area contributed by atoms with Crippen molar-refractivity contribution in [2.45, 2.75) is 4.05 Å². The maximum absolute atomic E-state index is 11.2. The van der Waals surface area contributed by atoms with E-state index >= 15 is 0 Å². The standard InChI is InChI=1S/C8H13IN4O5/c9-7(8(17)18)13-6(16)3-12-5(15)2-11-4(14)1-10/h7H,1-3,10H2,(H,11,14)(H,12,15)(H,13,16)(H,17,18). The number of carboxylic acids is 1. The Morgan fingerprint density at radius 3 is 2.06 bits per heavy atom. The van der Waals surface area contributed by atoms with Gasteiger partial charge in [0.15, 0.2) is 4.05 Å². The van der Waals surface area contributed by atoms with Gasteiger partial charge in [-0.3, -0.25) is 14.4 Å². The van der Waals surface area contributed by atoms with Crippen molar-refractivity contribution >= 4 is 46.3 Å². The summed E-state index contributed by atoms with van der Waals surface area (Å²) < 4.78 is -1.07. The summed E-state index contributed by atoms with van der Waals surface area (Å²) in [6.45, 7) is -0.900. The first-order valence-electron chi connectivity index (χ1n) is 4.76. The number of hydrogen-bond donors (Lipinski definition) is 5. The number of nitrogens with one attached hydrogen (secondary N) is 3. The number of aliphatic carboxylic acids is 1. The summed E-state index contributed by atoms with van der Waals surface area (Å²) >= 11 is 1.52. The summed E-state index contributed by atoms with van der Waals surface area (Å²) in [5.74, 6) is -2.90. The lowest BCUT2D eigenvalue weighted by Gasteiger charge is -2.09. The van der Waals surface area contributed by atoms with Gasteiger partial charge >= 0.3 is 5.97 Å². The van der Waals surface area contributed by atoms with Gasteiger partial charge in [-0.05, 0) is 22.6 Å². The summed E-state index contributed by atoms with van der Waals surface area (Å²) in [5.41, 5.74) is 5.00. The van der Waals surface area contributed by atoms with E-state index in [9.17, 15) is 19.2 Å².